The van der Waals surface area contributed by atoms with E-state index in [2.05, 4.69) is 54.2 Å². The van der Waals surface area contributed by atoms with E-state index in [9.17, 15) is 0 Å². The summed E-state index contributed by atoms with van der Waals surface area (Å²) in [7, 11) is 4.15. The van der Waals surface area contributed by atoms with Gasteiger partial charge in [-0.05, 0) is 31.5 Å². The largest absolute Gasteiger partial charge is 0.348 e. The molecule has 0 aliphatic carbocycles. The van der Waals surface area contributed by atoms with Crippen LogP contribution in [0.5, 0.6) is 0 Å². The van der Waals surface area contributed by atoms with Crippen molar-refractivity contribution in [3.63, 3.8) is 0 Å². The third-order valence-corrected chi connectivity index (χ3v) is 3.06. The van der Waals surface area contributed by atoms with Gasteiger partial charge in [0.1, 0.15) is 0 Å². The molecule has 0 radical (unpaired) electrons. The van der Waals surface area contributed by atoms with Crippen molar-refractivity contribution in [2.24, 2.45) is 7.05 Å². The minimum atomic E-state index is 0.521. The van der Waals surface area contributed by atoms with Gasteiger partial charge in [0, 0.05) is 30.7 Å². The second-order valence-corrected chi connectivity index (χ2v) is 4.15. The Bertz CT molecular complexity index is 457. The highest BCUT2D eigenvalue weighted by molar-refractivity contribution is 5.81. The molecule has 2 nitrogen and oxygen atoms in total. The summed E-state index contributed by atoms with van der Waals surface area (Å²) >= 11 is 0. The molecule has 0 saturated carbocycles. The van der Waals surface area contributed by atoms with Gasteiger partial charge in [-0.3, -0.25) is 0 Å². The molecule has 1 heterocycles. The normalized spacial score (nSPS) is 13.3. The topological polar surface area (TPSA) is 17.0 Å². The maximum Gasteiger partial charge on any atom is 0.0479 e. The van der Waals surface area contributed by atoms with Crippen molar-refractivity contribution in [3.05, 3.63) is 36.0 Å². The van der Waals surface area contributed by atoms with Gasteiger partial charge in [0.05, 0.1) is 0 Å². The Morgan fingerprint density at radius 3 is 2.73 bits per heavy atom. The summed E-state index contributed by atoms with van der Waals surface area (Å²) in [5, 5.41) is 4.60. The van der Waals surface area contributed by atoms with E-state index in [-0.39, 0.29) is 0 Å². The Morgan fingerprint density at radius 1 is 1.33 bits per heavy atom. The highest BCUT2D eigenvalue weighted by atomic mass is 15.0. The molecule has 1 aromatic heterocycles. The summed E-state index contributed by atoms with van der Waals surface area (Å²) in [4.78, 5) is 0. The molecule has 1 aromatic carbocycles. The first kappa shape index (κ1) is 10.2. The predicted molar refractivity (Wildman–Crippen MR) is 65.1 cm³/mol. The number of hydrogen-bond acceptors (Lipinski definition) is 1. The van der Waals surface area contributed by atoms with E-state index in [1.807, 2.05) is 7.05 Å². The molecule has 1 atom stereocenters. The first-order valence-corrected chi connectivity index (χ1v) is 5.43. The van der Waals surface area contributed by atoms with E-state index in [0.29, 0.717) is 6.04 Å². The molecule has 0 aliphatic rings. The molecule has 1 N–H and O–H groups in total. The number of hydrogen-bond donors (Lipinski definition) is 1. The monoisotopic (exact) mass is 202 g/mol. The van der Waals surface area contributed by atoms with Crippen molar-refractivity contribution < 1.29 is 0 Å². The number of likely N-dealkylation sites (N-methyl/N-ethyl adjacent to an activating group) is 1. The first-order valence-electron chi connectivity index (χ1n) is 5.43. The minimum Gasteiger partial charge on any atom is -0.348 e. The Hall–Kier alpha value is -1.28. The van der Waals surface area contributed by atoms with Crippen LogP contribution in [0.1, 0.15) is 12.6 Å². The number of fused-ring (bicyclic) bond motifs is 1. The lowest BCUT2D eigenvalue weighted by atomic mass is 10.2. The fourth-order valence-corrected chi connectivity index (χ4v) is 1.96. The fraction of sp³-hybridized carbons (Fsp3) is 0.385. The van der Waals surface area contributed by atoms with Crippen LogP contribution < -0.4 is 5.32 Å². The zero-order valence-electron chi connectivity index (χ0n) is 9.62. The van der Waals surface area contributed by atoms with Crippen LogP contribution >= 0.6 is 0 Å². The van der Waals surface area contributed by atoms with E-state index >= 15 is 0 Å². The standard InChI is InChI=1S/C13H18N2/c1-10(14-2)8-12-9-11-6-4-5-7-13(11)15(12)3/h4-7,9-10,14H,8H2,1-3H3. The van der Waals surface area contributed by atoms with Crippen LogP contribution in [0.25, 0.3) is 10.9 Å². The molecule has 15 heavy (non-hydrogen) atoms. The SMILES string of the molecule is CNC(C)Cc1cc2ccccc2n1C. The van der Waals surface area contributed by atoms with Gasteiger partial charge in [0.25, 0.3) is 0 Å². The van der Waals surface area contributed by atoms with Crippen molar-refractivity contribution in [1.29, 1.82) is 0 Å². The van der Waals surface area contributed by atoms with E-state index in [1.165, 1.54) is 16.6 Å². The molecule has 0 spiro atoms. The molecule has 0 aliphatic heterocycles. The zero-order valence-corrected chi connectivity index (χ0v) is 9.62. The average Bonchev–Trinajstić information content (AvgIpc) is 2.57. The van der Waals surface area contributed by atoms with Gasteiger partial charge in [-0.25, -0.2) is 0 Å². The molecule has 1 unspecified atom stereocenters. The van der Waals surface area contributed by atoms with Crippen LogP contribution in [0.3, 0.4) is 0 Å². The first-order chi connectivity index (χ1) is 7.22. The molecule has 2 rings (SSSR count). The number of benzene rings is 1. The van der Waals surface area contributed by atoms with Crippen LogP contribution in [0, 0.1) is 0 Å². The molecule has 2 heteroatoms. The smallest absolute Gasteiger partial charge is 0.0479 e. The predicted octanol–water partition coefficient (Wildman–Crippen LogP) is 2.33. The summed E-state index contributed by atoms with van der Waals surface area (Å²) in [5.74, 6) is 0. The van der Waals surface area contributed by atoms with E-state index in [0.717, 1.165) is 6.42 Å². The van der Waals surface area contributed by atoms with E-state index in [1.54, 1.807) is 0 Å². The summed E-state index contributed by atoms with van der Waals surface area (Å²) in [6.07, 6.45) is 1.07. The molecule has 0 amide bonds. The van der Waals surface area contributed by atoms with Crippen LogP contribution in [0.4, 0.5) is 0 Å². The molecule has 2 aromatic rings. The molecule has 0 saturated heterocycles. The zero-order chi connectivity index (χ0) is 10.8. The van der Waals surface area contributed by atoms with Gasteiger partial charge in [-0.1, -0.05) is 18.2 Å². The van der Waals surface area contributed by atoms with Gasteiger partial charge < -0.3 is 9.88 Å². The number of aryl methyl sites for hydroxylation is 1. The van der Waals surface area contributed by atoms with Crippen molar-refractivity contribution in [3.8, 4) is 0 Å². The highest BCUT2D eigenvalue weighted by Crippen LogP contribution is 2.19. The van der Waals surface area contributed by atoms with Crippen molar-refractivity contribution in [2.45, 2.75) is 19.4 Å². The number of nitrogens with one attached hydrogen (secondary N) is 1. The Morgan fingerprint density at radius 2 is 2.07 bits per heavy atom. The van der Waals surface area contributed by atoms with Crippen molar-refractivity contribution >= 4 is 10.9 Å². The lowest BCUT2D eigenvalue weighted by Crippen LogP contribution is -2.24. The number of aromatic nitrogens is 1. The average molecular weight is 202 g/mol. The van der Waals surface area contributed by atoms with Crippen molar-refractivity contribution in [1.82, 2.24) is 9.88 Å². The van der Waals surface area contributed by atoms with Gasteiger partial charge in [0.2, 0.25) is 0 Å². The third kappa shape index (κ3) is 1.90. The number of nitrogens with zero attached hydrogens (tertiary/aromatic N) is 1. The van der Waals surface area contributed by atoms with Crippen molar-refractivity contribution in [2.75, 3.05) is 7.05 Å². The molecular weight excluding hydrogens is 184 g/mol. The highest BCUT2D eigenvalue weighted by Gasteiger charge is 2.07. The quantitative estimate of drug-likeness (QED) is 0.808. The van der Waals surface area contributed by atoms with Gasteiger partial charge in [0.15, 0.2) is 0 Å². The van der Waals surface area contributed by atoms with Crippen LogP contribution in [0.2, 0.25) is 0 Å². The Labute approximate surface area is 90.9 Å². The fourth-order valence-electron chi connectivity index (χ4n) is 1.96. The summed E-state index contributed by atoms with van der Waals surface area (Å²) in [6, 6.07) is 11.3. The Balaban J connectivity index is 2.40. The lowest BCUT2D eigenvalue weighted by molar-refractivity contribution is 0.591. The minimum absolute atomic E-state index is 0.521. The van der Waals surface area contributed by atoms with Gasteiger partial charge >= 0.3 is 0 Å². The number of rotatable bonds is 3. The third-order valence-electron chi connectivity index (χ3n) is 3.06. The van der Waals surface area contributed by atoms with Gasteiger partial charge in [-0.2, -0.15) is 0 Å². The molecule has 80 valence electrons. The van der Waals surface area contributed by atoms with E-state index < -0.39 is 0 Å². The van der Waals surface area contributed by atoms with E-state index in [4.69, 9.17) is 0 Å². The van der Waals surface area contributed by atoms with Gasteiger partial charge in [-0.15, -0.1) is 0 Å². The van der Waals surface area contributed by atoms with Crippen LogP contribution in [-0.4, -0.2) is 17.7 Å². The summed E-state index contributed by atoms with van der Waals surface area (Å²) < 4.78 is 2.28. The molecule has 0 fully saturated rings. The maximum absolute atomic E-state index is 3.27. The van der Waals surface area contributed by atoms with Crippen LogP contribution in [0.15, 0.2) is 30.3 Å². The molecular formula is C13H18N2. The number of para-hydroxylation sites is 1. The maximum atomic E-state index is 3.27. The molecule has 0 bridgehead atoms. The second kappa shape index (κ2) is 4.07. The summed E-state index contributed by atoms with van der Waals surface area (Å²) in [5.41, 5.74) is 2.70. The summed E-state index contributed by atoms with van der Waals surface area (Å²) in [6.45, 7) is 2.21. The second-order valence-electron chi connectivity index (χ2n) is 4.15. The van der Waals surface area contributed by atoms with Crippen LogP contribution in [-0.2, 0) is 13.5 Å². The lowest BCUT2D eigenvalue weighted by Gasteiger charge is -2.10. The Kier molecular flexibility index (Phi) is 2.78.